The summed E-state index contributed by atoms with van der Waals surface area (Å²) in [5, 5.41) is 16.0. The monoisotopic (exact) mass is 256 g/mol. The molecule has 3 rings (SSSR count). The van der Waals surface area contributed by atoms with Gasteiger partial charge in [-0.1, -0.05) is 30.3 Å². The van der Waals surface area contributed by atoms with E-state index in [0.29, 0.717) is 11.8 Å². The molecule has 1 saturated heterocycles. The summed E-state index contributed by atoms with van der Waals surface area (Å²) < 4.78 is 0. The molecule has 1 unspecified atom stereocenters. The normalized spacial score (nSPS) is 20.2. The highest BCUT2D eigenvalue weighted by atomic mass is 16.3. The first-order valence-electron chi connectivity index (χ1n) is 6.85. The highest BCUT2D eigenvalue weighted by Crippen LogP contribution is 2.27. The van der Waals surface area contributed by atoms with E-state index in [1.807, 2.05) is 18.2 Å². The number of likely N-dealkylation sites (N-methyl/N-ethyl adjacent to an activating group) is 1. The van der Waals surface area contributed by atoms with Crippen LogP contribution in [0.2, 0.25) is 0 Å². The summed E-state index contributed by atoms with van der Waals surface area (Å²) in [6.07, 6.45) is 1.18. The fraction of sp³-hybridized carbons (Fsp3) is 0.375. The van der Waals surface area contributed by atoms with Crippen molar-refractivity contribution >= 4 is 10.8 Å². The molecule has 0 radical (unpaired) electrons. The first-order chi connectivity index (χ1) is 9.24. The second-order valence-electron chi connectivity index (χ2n) is 5.41. The standard InChI is InChI=1S/C16H20N2O/c1-18-9-8-13(11-18)17-10-15-14-5-3-2-4-12(14)6-7-16(15)19/h2-7,13,17,19H,8-11H2,1H3. The Morgan fingerprint density at radius 3 is 2.89 bits per heavy atom. The Labute approximate surface area is 113 Å². The van der Waals surface area contributed by atoms with E-state index in [9.17, 15) is 5.11 Å². The van der Waals surface area contributed by atoms with Gasteiger partial charge in [-0.25, -0.2) is 0 Å². The number of aromatic hydroxyl groups is 1. The van der Waals surface area contributed by atoms with Crippen LogP contribution in [0.15, 0.2) is 36.4 Å². The van der Waals surface area contributed by atoms with Crippen LogP contribution in [0.1, 0.15) is 12.0 Å². The summed E-state index contributed by atoms with van der Waals surface area (Å²) >= 11 is 0. The van der Waals surface area contributed by atoms with Crippen molar-refractivity contribution in [2.24, 2.45) is 0 Å². The number of likely N-dealkylation sites (tertiary alicyclic amines) is 1. The van der Waals surface area contributed by atoms with Gasteiger partial charge in [-0.3, -0.25) is 0 Å². The topological polar surface area (TPSA) is 35.5 Å². The summed E-state index contributed by atoms with van der Waals surface area (Å²) in [4.78, 5) is 2.33. The first-order valence-corrected chi connectivity index (χ1v) is 6.85. The van der Waals surface area contributed by atoms with Gasteiger partial charge in [-0.05, 0) is 36.9 Å². The minimum atomic E-state index is 0.387. The fourth-order valence-electron chi connectivity index (χ4n) is 2.86. The molecule has 0 amide bonds. The molecule has 19 heavy (non-hydrogen) atoms. The number of hydrogen-bond donors (Lipinski definition) is 2. The lowest BCUT2D eigenvalue weighted by Gasteiger charge is -2.15. The van der Waals surface area contributed by atoms with E-state index in [2.05, 4.69) is 29.4 Å². The number of rotatable bonds is 3. The predicted octanol–water partition coefficient (Wildman–Crippen LogP) is 2.34. The maximum atomic E-state index is 10.1. The number of fused-ring (bicyclic) bond motifs is 1. The van der Waals surface area contributed by atoms with Crippen molar-refractivity contribution in [3.63, 3.8) is 0 Å². The first kappa shape index (κ1) is 12.5. The number of phenols is 1. The van der Waals surface area contributed by atoms with Gasteiger partial charge in [0.25, 0.3) is 0 Å². The van der Waals surface area contributed by atoms with E-state index in [4.69, 9.17) is 0 Å². The van der Waals surface area contributed by atoms with Gasteiger partial charge in [0, 0.05) is 24.7 Å². The van der Waals surface area contributed by atoms with Gasteiger partial charge in [0.2, 0.25) is 0 Å². The number of phenolic OH excluding ortho intramolecular Hbond substituents is 1. The van der Waals surface area contributed by atoms with Gasteiger partial charge in [-0.15, -0.1) is 0 Å². The van der Waals surface area contributed by atoms with Gasteiger partial charge >= 0.3 is 0 Å². The zero-order chi connectivity index (χ0) is 13.2. The third kappa shape index (κ3) is 2.57. The lowest BCUT2D eigenvalue weighted by atomic mass is 10.0. The second-order valence-corrected chi connectivity index (χ2v) is 5.41. The van der Waals surface area contributed by atoms with Crippen LogP contribution in [-0.2, 0) is 6.54 Å². The molecule has 3 nitrogen and oxygen atoms in total. The van der Waals surface area contributed by atoms with Crippen LogP contribution in [0.25, 0.3) is 10.8 Å². The molecule has 0 aromatic heterocycles. The molecule has 2 N–H and O–H groups in total. The fourth-order valence-corrected chi connectivity index (χ4v) is 2.86. The molecule has 1 fully saturated rings. The molecule has 3 heteroatoms. The molecule has 2 aromatic rings. The maximum Gasteiger partial charge on any atom is 0.120 e. The Hall–Kier alpha value is -1.58. The van der Waals surface area contributed by atoms with Crippen molar-refractivity contribution in [2.45, 2.75) is 19.0 Å². The molecule has 1 heterocycles. The summed E-state index contributed by atoms with van der Waals surface area (Å²) in [6.45, 7) is 2.97. The van der Waals surface area contributed by atoms with Gasteiger partial charge in [0.15, 0.2) is 0 Å². The molecule has 0 saturated carbocycles. The summed E-state index contributed by atoms with van der Waals surface area (Å²) in [5.74, 6) is 0.387. The average Bonchev–Trinajstić information content (AvgIpc) is 2.83. The molecule has 100 valence electrons. The average molecular weight is 256 g/mol. The smallest absolute Gasteiger partial charge is 0.120 e. The Balaban J connectivity index is 1.82. The number of nitrogens with one attached hydrogen (secondary N) is 1. The Kier molecular flexibility index (Phi) is 3.40. The quantitative estimate of drug-likeness (QED) is 0.885. The number of hydrogen-bond acceptors (Lipinski definition) is 3. The Morgan fingerprint density at radius 1 is 1.26 bits per heavy atom. The van der Waals surface area contributed by atoms with Crippen molar-refractivity contribution in [1.29, 1.82) is 0 Å². The summed E-state index contributed by atoms with van der Waals surface area (Å²) in [7, 11) is 2.15. The Morgan fingerprint density at radius 2 is 2.11 bits per heavy atom. The van der Waals surface area contributed by atoms with Crippen molar-refractivity contribution in [3.8, 4) is 5.75 Å². The van der Waals surface area contributed by atoms with E-state index < -0.39 is 0 Å². The van der Waals surface area contributed by atoms with Gasteiger partial charge < -0.3 is 15.3 Å². The molecule has 2 aromatic carbocycles. The van der Waals surface area contributed by atoms with Crippen LogP contribution in [0.3, 0.4) is 0 Å². The van der Waals surface area contributed by atoms with E-state index in [1.165, 1.54) is 11.8 Å². The van der Waals surface area contributed by atoms with Crippen LogP contribution < -0.4 is 5.32 Å². The Bertz CT molecular complexity index is 582. The molecule has 0 spiro atoms. The van der Waals surface area contributed by atoms with Crippen LogP contribution in [0.5, 0.6) is 5.75 Å². The number of nitrogens with zero attached hydrogens (tertiary/aromatic N) is 1. The highest BCUT2D eigenvalue weighted by molar-refractivity contribution is 5.87. The predicted molar refractivity (Wildman–Crippen MR) is 78.4 cm³/mol. The molecule has 1 aliphatic heterocycles. The van der Waals surface area contributed by atoms with Crippen molar-refractivity contribution in [1.82, 2.24) is 10.2 Å². The van der Waals surface area contributed by atoms with E-state index in [0.717, 1.165) is 30.6 Å². The van der Waals surface area contributed by atoms with Crippen LogP contribution in [0.4, 0.5) is 0 Å². The van der Waals surface area contributed by atoms with Crippen LogP contribution in [0, 0.1) is 0 Å². The number of benzene rings is 2. The second kappa shape index (κ2) is 5.19. The largest absolute Gasteiger partial charge is 0.508 e. The minimum Gasteiger partial charge on any atom is -0.508 e. The van der Waals surface area contributed by atoms with Crippen LogP contribution >= 0.6 is 0 Å². The molecule has 0 aliphatic carbocycles. The lowest BCUT2D eigenvalue weighted by molar-refractivity contribution is 0.396. The minimum absolute atomic E-state index is 0.387. The van der Waals surface area contributed by atoms with E-state index in [-0.39, 0.29) is 0 Å². The lowest BCUT2D eigenvalue weighted by Crippen LogP contribution is -2.31. The van der Waals surface area contributed by atoms with Crippen molar-refractivity contribution < 1.29 is 5.11 Å². The molecular formula is C16H20N2O. The molecule has 1 atom stereocenters. The van der Waals surface area contributed by atoms with Gasteiger partial charge in [0.05, 0.1) is 0 Å². The van der Waals surface area contributed by atoms with E-state index >= 15 is 0 Å². The van der Waals surface area contributed by atoms with E-state index in [1.54, 1.807) is 6.07 Å². The van der Waals surface area contributed by atoms with Gasteiger partial charge in [-0.2, -0.15) is 0 Å². The third-order valence-electron chi connectivity index (χ3n) is 3.97. The SMILES string of the molecule is CN1CCC(NCc2c(O)ccc3ccccc23)C1. The van der Waals surface area contributed by atoms with Crippen LogP contribution in [-0.4, -0.2) is 36.2 Å². The maximum absolute atomic E-state index is 10.1. The highest BCUT2D eigenvalue weighted by Gasteiger charge is 2.19. The summed E-state index contributed by atoms with van der Waals surface area (Å²) in [5.41, 5.74) is 1.01. The molecule has 1 aliphatic rings. The zero-order valence-corrected chi connectivity index (χ0v) is 11.3. The van der Waals surface area contributed by atoms with Crippen molar-refractivity contribution in [3.05, 3.63) is 42.0 Å². The van der Waals surface area contributed by atoms with Gasteiger partial charge in [0.1, 0.15) is 5.75 Å². The molecule has 0 bridgehead atoms. The third-order valence-corrected chi connectivity index (χ3v) is 3.97. The summed E-state index contributed by atoms with van der Waals surface area (Å²) in [6, 6.07) is 12.5. The van der Waals surface area contributed by atoms with Crippen molar-refractivity contribution in [2.75, 3.05) is 20.1 Å². The zero-order valence-electron chi connectivity index (χ0n) is 11.3. The molecular weight excluding hydrogens is 236 g/mol.